The second-order valence-electron chi connectivity index (χ2n) is 3.61. The van der Waals surface area contributed by atoms with Crippen molar-refractivity contribution in [3.05, 3.63) is 27.3 Å². The van der Waals surface area contributed by atoms with Gasteiger partial charge in [-0.15, -0.1) is 0 Å². The van der Waals surface area contributed by atoms with Crippen LogP contribution in [-0.4, -0.2) is 25.8 Å². The number of ether oxygens (including phenoxy) is 1. The molecule has 0 saturated carbocycles. The number of hydrogen-bond donors (Lipinski definition) is 1. The Morgan fingerprint density at radius 3 is 2.33 bits per heavy atom. The van der Waals surface area contributed by atoms with Crippen LogP contribution >= 0.6 is 22.6 Å². The monoisotopic (exact) mass is 437 g/mol. The molecule has 6 nitrogen and oxygen atoms in total. The summed E-state index contributed by atoms with van der Waals surface area (Å²) in [4.78, 5) is 22.5. The first-order valence-corrected chi connectivity index (χ1v) is 7.61. The molecular weight excluding hydrogens is 430 g/mol. The summed E-state index contributed by atoms with van der Waals surface area (Å²) in [5, 5.41) is 0. The minimum atomic E-state index is -5.84. The highest BCUT2D eigenvalue weighted by molar-refractivity contribution is 14.1. The Labute approximate surface area is 130 Å². The predicted octanol–water partition coefficient (Wildman–Crippen LogP) is 1.80. The smallest absolute Gasteiger partial charge is 0.426 e. The molecule has 0 unspecified atom stereocenters. The van der Waals surface area contributed by atoms with Crippen LogP contribution in [0.1, 0.15) is 17.3 Å². The lowest BCUT2D eigenvalue weighted by Crippen LogP contribution is -2.40. The molecule has 1 N–H and O–H groups in total. The Morgan fingerprint density at radius 2 is 1.86 bits per heavy atom. The van der Waals surface area contributed by atoms with E-state index < -0.39 is 33.0 Å². The summed E-state index contributed by atoms with van der Waals surface area (Å²) in [5.74, 6) is -2.71. The molecule has 0 aromatic heterocycles. The molecule has 1 rings (SSSR count). The lowest BCUT2D eigenvalue weighted by molar-refractivity contribution is -0.131. The van der Waals surface area contributed by atoms with Crippen LogP contribution < -0.4 is 9.46 Å². The van der Waals surface area contributed by atoms with Gasteiger partial charge in [0.05, 0.1) is 5.56 Å². The van der Waals surface area contributed by atoms with Gasteiger partial charge in [0.25, 0.3) is 5.91 Å². The quantitative estimate of drug-likeness (QED) is 0.443. The second-order valence-corrected chi connectivity index (χ2v) is 6.53. The standard InChI is InChI=1S/C10H7F3INO5S/c1-5(16)20-8-4-6(14)2-3-7(8)9(17)15-21(18,19)10(11,12)13/h2-4H,1H3,(H,15,17). The molecular formula is C10H7F3INO5S. The fourth-order valence-corrected chi connectivity index (χ4v) is 2.09. The lowest BCUT2D eigenvalue weighted by atomic mass is 10.2. The molecule has 1 amide bonds. The van der Waals surface area contributed by atoms with Crippen molar-refractivity contribution in [3.8, 4) is 5.75 Å². The number of amides is 1. The van der Waals surface area contributed by atoms with Gasteiger partial charge in [-0.1, -0.05) is 0 Å². The van der Waals surface area contributed by atoms with Crippen molar-refractivity contribution >= 4 is 44.5 Å². The van der Waals surface area contributed by atoms with Crippen molar-refractivity contribution in [3.63, 3.8) is 0 Å². The SMILES string of the molecule is CC(=O)Oc1cc(I)ccc1C(=O)NS(=O)(=O)C(F)(F)F. The van der Waals surface area contributed by atoms with E-state index in [1.54, 1.807) is 0 Å². The molecule has 0 bridgehead atoms. The summed E-state index contributed by atoms with van der Waals surface area (Å²) in [7, 11) is -5.84. The maximum Gasteiger partial charge on any atom is 0.516 e. The van der Waals surface area contributed by atoms with Crippen LogP contribution in [0, 0.1) is 3.57 Å². The number of rotatable bonds is 3. The first-order valence-electron chi connectivity index (χ1n) is 5.05. The molecule has 0 aliphatic carbocycles. The summed E-state index contributed by atoms with van der Waals surface area (Å²) in [6, 6.07) is 3.58. The number of benzene rings is 1. The van der Waals surface area contributed by atoms with Gasteiger partial charge in [0.1, 0.15) is 5.75 Å². The number of carbonyl (C=O) groups is 2. The van der Waals surface area contributed by atoms with Crippen LogP contribution in [-0.2, 0) is 14.8 Å². The molecule has 0 spiro atoms. The number of esters is 1. The van der Waals surface area contributed by atoms with Crippen molar-refractivity contribution in [1.82, 2.24) is 4.72 Å². The number of sulfonamides is 1. The zero-order valence-electron chi connectivity index (χ0n) is 10.2. The summed E-state index contributed by atoms with van der Waals surface area (Å²) >= 11 is 1.81. The molecule has 0 atom stereocenters. The molecule has 1 aromatic carbocycles. The Kier molecular flexibility index (Phi) is 5.20. The minimum absolute atomic E-state index is 0.343. The molecule has 0 radical (unpaired) electrons. The molecule has 21 heavy (non-hydrogen) atoms. The van der Waals surface area contributed by atoms with E-state index in [0.717, 1.165) is 17.7 Å². The van der Waals surface area contributed by atoms with Gasteiger partial charge in [-0.05, 0) is 40.8 Å². The first kappa shape index (κ1) is 17.7. The highest BCUT2D eigenvalue weighted by atomic mass is 127. The fraction of sp³-hybridized carbons (Fsp3) is 0.200. The summed E-state index contributed by atoms with van der Waals surface area (Å²) < 4.78 is 64.4. The van der Waals surface area contributed by atoms with Crippen LogP contribution in [0.4, 0.5) is 13.2 Å². The molecule has 0 fully saturated rings. The van der Waals surface area contributed by atoms with Gasteiger partial charge in [0.15, 0.2) is 0 Å². The van der Waals surface area contributed by atoms with Crippen LogP contribution in [0.2, 0.25) is 0 Å². The first-order chi connectivity index (χ1) is 9.44. The van der Waals surface area contributed by atoms with Crippen LogP contribution in [0.3, 0.4) is 0 Å². The lowest BCUT2D eigenvalue weighted by Gasteiger charge is -2.12. The number of halogens is 4. The fourth-order valence-electron chi connectivity index (χ4n) is 1.16. The van der Waals surface area contributed by atoms with E-state index in [1.165, 1.54) is 12.1 Å². The summed E-state index contributed by atoms with van der Waals surface area (Å²) in [6.07, 6.45) is 0. The van der Waals surface area contributed by atoms with E-state index in [-0.39, 0.29) is 5.75 Å². The van der Waals surface area contributed by atoms with Gasteiger partial charge in [-0.3, -0.25) is 9.59 Å². The van der Waals surface area contributed by atoms with Gasteiger partial charge in [-0.2, -0.15) is 21.6 Å². The van der Waals surface area contributed by atoms with Crippen molar-refractivity contribution < 1.29 is 35.9 Å². The average molecular weight is 437 g/mol. The van der Waals surface area contributed by atoms with Crippen molar-refractivity contribution in [1.29, 1.82) is 0 Å². The Hall–Kier alpha value is -1.37. The number of hydrogen-bond acceptors (Lipinski definition) is 5. The van der Waals surface area contributed by atoms with Gasteiger partial charge >= 0.3 is 21.5 Å². The highest BCUT2D eigenvalue weighted by Gasteiger charge is 2.47. The normalized spacial score (nSPS) is 11.9. The molecule has 0 saturated heterocycles. The van der Waals surface area contributed by atoms with E-state index in [4.69, 9.17) is 0 Å². The Bertz CT molecular complexity index is 686. The molecule has 116 valence electrons. The molecule has 1 aromatic rings. The van der Waals surface area contributed by atoms with E-state index in [1.807, 2.05) is 22.6 Å². The zero-order valence-corrected chi connectivity index (χ0v) is 13.2. The zero-order chi connectivity index (χ0) is 16.4. The topological polar surface area (TPSA) is 89.5 Å². The average Bonchev–Trinajstić information content (AvgIpc) is 2.25. The van der Waals surface area contributed by atoms with Crippen molar-refractivity contribution in [2.75, 3.05) is 0 Å². The summed E-state index contributed by atoms with van der Waals surface area (Å²) in [5.41, 5.74) is -6.15. The number of carbonyl (C=O) groups excluding carboxylic acids is 2. The summed E-state index contributed by atoms with van der Waals surface area (Å²) in [6.45, 7) is 1.02. The van der Waals surface area contributed by atoms with Crippen molar-refractivity contribution in [2.45, 2.75) is 12.4 Å². The van der Waals surface area contributed by atoms with Crippen LogP contribution in [0.5, 0.6) is 5.75 Å². The van der Waals surface area contributed by atoms with E-state index in [0.29, 0.717) is 3.57 Å². The number of nitrogens with one attached hydrogen (secondary N) is 1. The van der Waals surface area contributed by atoms with E-state index >= 15 is 0 Å². The number of alkyl halides is 3. The van der Waals surface area contributed by atoms with Gasteiger partial charge < -0.3 is 4.74 Å². The third kappa shape index (κ3) is 4.56. The minimum Gasteiger partial charge on any atom is -0.426 e. The molecule has 0 aliphatic rings. The maximum atomic E-state index is 12.2. The largest absolute Gasteiger partial charge is 0.516 e. The van der Waals surface area contributed by atoms with Crippen LogP contribution in [0.25, 0.3) is 0 Å². The Morgan fingerprint density at radius 1 is 1.29 bits per heavy atom. The predicted molar refractivity (Wildman–Crippen MR) is 72.9 cm³/mol. The Balaban J connectivity index is 3.17. The third-order valence-corrected chi connectivity index (χ3v) is 3.71. The van der Waals surface area contributed by atoms with E-state index in [9.17, 15) is 31.2 Å². The van der Waals surface area contributed by atoms with Gasteiger partial charge in [-0.25, -0.2) is 4.72 Å². The maximum absolute atomic E-state index is 12.2. The van der Waals surface area contributed by atoms with Gasteiger partial charge in [0, 0.05) is 10.5 Å². The molecule has 11 heteroatoms. The van der Waals surface area contributed by atoms with Gasteiger partial charge in [0.2, 0.25) is 0 Å². The van der Waals surface area contributed by atoms with Crippen LogP contribution in [0.15, 0.2) is 18.2 Å². The second kappa shape index (κ2) is 6.17. The van der Waals surface area contributed by atoms with Crippen molar-refractivity contribution in [2.24, 2.45) is 0 Å². The third-order valence-electron chi connectivity index (χ3n) is 1.97. The highest BCUT2D eigenvalue weighted by Crippen LogP contribution is 2.25. The van der Waals surface area contributed by atoms with E-state index in [2.05, 4.69) is 4.74 Å². The molecule has 0 aliphatic heterocycles. The molecule has 0 heterocycles.